The van der Waals surface area contributed by atoms with Gasteiger partial charge in [0.25, 0.3) is 0 Å². The monoisotopic (exact) mass is 744 g/mol. The summed E-state index contributed by atoms with van der Waals surface area (Å²) in [6, 6.07) is 6.69. The molecule has 50 heavy (non-hydrogen) atoms. The van der Waals surface area contributed by atoms with Crippen molar-refractivity contribution in [3.8, 4) is 0 Å². The Morgan fingerprint density at radius 2 is 1.60 bits per heavy atom. The number of carbonyl (C=O) groups is 3. The standard InChI is InChI=1S/C34H50Cl2N4O10/c1-25-20-29(50-39-25)22-32(42)40-23-28(41)21-31(40)33(43)38-30(26-6-8-27(36)9-7-26)24-49-34(44)37-11-13-46-15-17-48-19-18-47-16-14-45-12-5-3-2-4-10-35/h6-9,20,28,30-31,41H,2-5,10-19,21-24H2,1H3,(H,37,44)(H,38,43)/t28?,30-,31-/m0/s1. The normalized spacial score (nSPS) is 16.4. The van der Waals surface area contributed by atoms with Crippen LogP contribution in [0.5, 0.6) is 0 Å². The van der Waals surface area contributed by atoms with Crippen molar-refractivity contribution in [3.63, 3.8) is 0 Å². The number of alkyl halides is 1. The van der Waals surface area contributed by atoms with Gasteiger partial charge in [0.1, 0.15) is 18.4 Å². The number of ether oxygens (including phenoxy) is 5. The third kappa shape index (κ3) is 16.4. The number of nitrogens with zero attached hydrogens (tertiary/aromatic N) is 2. The average molecular weight is 746 g/mol. The molecular formula is C34H50Cl2N4O10. The fraction of sp³-hybridized carbons (Fsp3) is 0.647. The molecule has 1 aromatic carbocycles. The predicted molar refractivity (Wildman–Crippen MR) is 185 cm³/mol. The first-order chi connectivity index (χ1) is 24.3. The van der Waals surface area contributed by atoms with E-state index in [2.05, 4.69) is 15.8 Å². The van der Waals surface area contributed by atoms with Crippen LogP contribution in [0.2, 0.25) is 5.02 Å². The second kappa shape index (κ2) is 24.2. The Balaban J connectivity index is 1.30. The second-order valence-electron chi connectivity index (χ2n) is 11.8. The first kappa shape index (κ1) is 41.4. The minimum absolute atomic E-state index is 0.00384. The number of aryl methyl sites for hydroxylation is 1. The molecule has 14 nitrogen and oxygen atoms in total. The van der Waals surface area contributed by atoms with E-state index in [1.165, 1.54) is 4.90 Å². The molecule has 16 heteroatoms. The predicted octanol–water partition coefficient (Wildman–Crippen LogP) is 3.59. The molecule has 280 valence electrons. The van der Waals surface area contributed by atoms with Crippen LogP contribution in [-0.2, 0) is 39.7 Å². The molecule has 1 aliphatic rings. The van der Waals surface area contributed by atoms with Crippen LogP contribution in [0.4, 0.5) is 4.79 Å². The van der Waals surface area contributed by atoms with E-state index in [1.54, 1.807) is 37.3 Å². The van der Waals surface area contributed by atoms with E-state index in [-0.39, 0.29) is 45.1 Å². The van der Waals surface area contributed by atoms with E-state index >= 15 is 0 Å². The number of unbranched alkanes of at least 4 members (excludes halogenated alkanes) is 3. The number of hydrogen-bond acceptors (Lipinski definition) is 11. The summed E-state index contributed by atoms with van der Waals surface area (Å²) in [4.78, 5) is 40.2. The highest BCUT2D eigenvalue weighted by Gasteiger charge is 2.39. The van der Waals surface area contributed by atoms with Gasteiger partial charge in [-0.1, -0.05) is 41.7 Å². The van der Waals surface area contributed by atoms with Gasteiger partial charge < -0.3 is 48.8 Å². The van der Waals surface area contributed by atoms with E-state index in [9.17, 15) is 19.5 Å². The van der Waals surface area contributed by atoms with E-state index in [0.29, 0.717) is 67.6 Å². The summed E-state index contributed by atoms with van der Waals surface area (Å²) in [5, 5.41) is 20.1. The topological polar surface area (TPSA) is 171 Å². The maximum atomic E-state index is 13.4. The summed E-state index contributed by atoms with van der Waals surface area (Å²) in [5.74, 6) is 0.203. The van der Waals surface area contributed by atoms with Gasteiger partial charge in [-0.15, -0.1) is 11.6 Å². The van der Waals surface area contributed by atoms with E-state index in [1.807, 2.05) is 0 Å². The highest BCUT2D eigenvalue weighted by atomic mass is 35.5. The van der Waals surface area contributed by atoms with Crippen LogP contribution >= 0.6 is 23.2 Å². The number of aliphatic hydroxyl groups excluding tert-OH is 1. The Labute approximate surface area is 303 Å². The summed E-state index contributed by atoms with van der Waals surface area (Å²) < 4.78 is 32.5. The van der Waals surface area contributed by atoms with Gasteiger partial charge in [-0.3, -0.25) is 9.59 Å². The van der Waals surface area contributed by atoms with Crippen LogP contribution in [0.25, 0.3) is 0 Å². The van der Waals surface area contributed by atoms with Crippen molar-refractivity contribution in [1.82, 2.24) is 20.7 Å². The zero-order valence-corrected chi connectivity index (χ0v) is 30.1. The quantitative estimate of drug-likeness (QED) is 0.100. The summed E-state index contributed by atoms with van der Waals surface area (Å²) in [6.45, 7) is 5.45. The number of benzene rings is 1. The summed E-state index contributed by atoms with van der Waals surface area (Å²) in [5.41, 5.74) is 1.27. The number of likely N-dealkylation sites (tertiary alicyclic amines) is 1. The molecule has 3 N–H and O–H groups in total. The van der Waals surface area contributed by atoms with Gasteiger partial charge in [0.05, 0.1) is 70.5 Å². The molecule has 0 bridgehead atoms. The first-order valence-electron chi connectivity index (χ1n) is 17.0. The lowest BCUT2D eigenvalue weighted by atomic mass is 10.1. The molecule has 2 heterocycles. The number of nitrogens with one attached hydrogen (secondary N) is 2. The largest absolute Gasteiger partial charge is 0.447 e. The van der Waals surface area contributed by atoms with Crippen molar-refractivity contribution in [2.24, 2.45) is 0 Å². The number of aromatic nitrogens is 1. The summed E-state index contributed by atoms with van der Waals surface area (Å²) >= 11 is 11.7. The first-order valence-corrected chi connectivity index (χ1v) is 17.9. The maximum Gasteiger partial charge on any atom is 0.407 e. The van der Waals surface area contributed by atoms with E-state index < -0.39 is 30.2 Å². The molecule has 1 saturated heterocycles. The number of hydrogen-bond donors (Lipinski definition) is 3. The zero-order chi connectivity index (χ0) is 36.0. The molecule has 0 saturated carbocycles. The average Bonchev–Trinajstić information content (AvgIpc) is 3.70. The van der Waals surface area contributed by atoms with Gasteiger partial charge in [-0.05, 0) is 37.5 Å². The smallest absolute Gasteiger partial charge is 0.407 e. The number of carbonyl (C=O) groups excluding carboxylic acids is 3. The minimum Gasteiger partial charge on any atom is -0.447 e. The molecule has 1 aliphatic heterocycles. The number of amides is 3. The lowest BCUT2D eigenvalue weighted by Crippen LogP contribution is -2.48. The van der Waals surface area contributed by atoms with Gasteiger partial charge in [0.15, 0.2) is 0 Å². The minimum atomic E-state index is -0.926. The highest BCUT2D eigenvalue weighted by molar-refractivity contribution is 6.30. The fourth-order valence-electron chi connectivity index (χ4n) is 5.12. The fourth-order valence-corrected chi connectivity index (χ4v) is 5.44. The number of aliphatic hydroxyl groups is 1. The zero-order valence-electron chi connectivity index (χ0n) is 28.6. The SMILES string of the molecule is Cc1cc(CC(=O)N2CC(O)C[C@H]2C(=O)N[C@@H](COC(=O)NCCOCCOCCOCCOCCCCCCCl)c2ccc(Cl)cc2)on1. The van der Waals surface area contributed by atoms with Gasteiger partial charge >= 0.3 is 6.09 Å². The van der Waals surface area contributed by atoms with Crippen molar-refractivity contribution >= 4 is 41.1 Å². The Bertz CT molecular complexity index is 1270. The number of rotatable bonds is 25. The Kier molecular flexibility index (Phi) is 20.1. The Morgan fingerprint density at radius 1 is 0.960 bits per heavy atom. The molecular weight excluding hydrogens is 695 g/mol. The molecule has 1 unspecified atom stereocenters. The Morgan fingerprint density at radius 3 is 2.24 bits per heavy atom. The molecule has 0 radical (unpaired) electrons. The van der Waals surface area contributed by atoms with Crippen LogP contribution in [0, 0.1) is 6.92 Å². The lowest BCUT2D eigenvalue weighted by molar-refractivity contribution is -0.138. The molecule has 3 atom stereocenters. The van der Waals surface area contributed by atoms with Crippen LogP contribution in [0.3, 0.4) is 0 Å². The lowest BCUT2D eigenvalue weighted by Gasteiger charge is -2.26. The second-order valence-corrected chi connectivity index (χ2v) is 12.6. The third-order valence-corrected chi connectivity index (χ3v) is 8.20. The highest BCUT2D eigenvalue weighted by Crippen LogP contribution is 2.23. The van der Waals surface area contributed by atoms with Crippen molar-refractivity contribution in [1.29, 1.82) is 0 Å². The van der Waals surface area contributed by atoms with Gasteiger partial charge in [0.2, 0.25) is 11.8 Å². The van der Waals surface area contributed by atoms with Crippen molar-refractivity contribution in [2.75, 3.05) is 78.4 Å². The van der Waals surface area contributed by atoms with Crippen LogP contribution in [0.1, 0.15) is 55.2 Å². The molecule has 0 spiro atoms. The van der Waals surface area contributed by atoms with Crippen LogP contribution < -0.4 is 10.6 Å². The van der Waals surface area contributed by atoms with Gasteiger partial charge in [-0.25, -0.2) is 4.79 Å². The molecule has 2 aromatic rings. The van der Waals surface area contributed by atoms with Gasteiger partial charge in [0, 0.05) is 43.1 Å². The third-order valence-electron chi connectivity index (χ3n) is 7.68. The molecule has 3 amide bonds. The molecule has 1 aromatic heterocycles. The number of alkyl carbamates (subject to hydrolysis) is 1. The van der Waals surface area contributed by atoms with Gasteiger partial charge in [-0.2, -0.15) is 0 Å². The van der Waals surface area contributed by atoms with Crippen molar-refractivity contribution in [2.45, 2.75) is 63.6 Å². The number of β-amino-alcohol motifs (C(OH)–C–C–N with tert-alkyl or cyclic N) is 1. The van der Waals surface area contributed by atoms with Crippen molar-refractivity contribution in [3.05, 3.63) is 52.4 Å². The number of halogens is 2. The van der Waals surface area contributed by atoms with Crippen molar-refractivity contribution < 1.29 is 47.7 Å². The Hall–Kier alpha value is -2.98. The van der Waals surface area contributed by atoms with E-state index in [0.717, 1.165) is 32.3 Å². The van der Waals surface area contributed by atoms with Crippen LogP contribution in [-0.4, -0.2) is 124 Å². The molecule has 0 aliphatic carbocycles. The summed E-state index contributed by atoms with van der Waals surface area (Å²) in [7, 11) is 0. The molecule has 1 fully saturated rings. The van der Waals surface area contributed by atoms with Crippen LogP contribution in [0.15, 0.2) is 34.9 Å². The summed E-state index contributed by atoms with van der Waals surface area (Å²) in [6.07, 6.45) is 2.75. The van der Waals surface area contributed by atoms with E-state index in [4.69, 9.17) is 51.4 Å². The maximum absolute atomic E-state index is 13.4. The molecule has 3 rings (SSSR count).